The molecule has 432 valence electrons. The van der Waals surface area contributed by atoms with Gasteiger partial charge >= 0.3 is 17.9 Å². The first-order chi connectivity index (χ1) is 36.5. The smallest absolute Gasteiger partial charge is 0.306 e. The molecule has 0 radical (unpaired) electrons. The van der Waals surface area contributed by atoms with Crippen LogP contribution in [0.15, 0.2) is 48.6 Å². The minimum Gasteiger partial charge on any atom is -0.462 e. The zero-order valence-corrected chi connectivity index (χ0v) is 49.6. The van der Waals surface area contributed by atoms with Gasteiger partial charge in [0.05, 0.1) is 0 Å². The molecule has 0 aliphatic carbocycles. The summed E-state index contributed by atoms with van der Waals surface area (Å²) in [6.07, 6.45) is 78.4. The Kier molecular flexibility index (Phi) is 60.7. The third-order valence-electron chi connectivity index (χ3n) is 14.6. The van der Waals surface area contributed by atoms with Crippen LogP contribution < -0.4 is 0 Å². The van der Waals surface area contributed by atoms with Gasteiger partial charge in [0, 0.05) is 19.3 Å². The molecular weight excluding hydrogens is 913 g/mol. The van der Waals surface area contributed by atoms with Crippen LogP contribution in [0.3, 0.4) is 0 Å². The molecule has 0 saturated carbocycles. The topological polar surface area (TPSA) is 78.9 Å². The van der Waals surface area contributed by atoms with Crippen molar-refractivity contribution < 1.29 is 28.6 Å². The highest BCUT2D eigenvalue weighted by atomic mass is 16.6. The van der Waals surface area contributed by atoms with E-state index in [2.05, 4.69) is 69.4 Å². The van der Waals surface area contributed by atoms with Gasteiger partial charge in [0.2, 0.25) is 0 Å². The number of allylic oxidation sites excluding steroid dienone is 8. The van der Waals surface area contributed by atoms with Crippen LogP contribution in [-0.2, 0) is 28.6 Å². The molecule has 0 saturated heterocycles. The maximum Gasteiger partial charge on any atom is 0.306 e. The molecule has 0 rings (SSSR count). The first kappa shape index (κ1) is 71.4. The summed E-state index contributed by atoms with van der Waals surface area (Å²) in [4.78, 5) is 38.3. The van der Waals surface area contributed by atoms with E-state index in [1.807, 2.05) is 0 Å². The molecule has 1 unspecified atom stereocenters. The Morgan fingerprint density at radius 3 is 0.784 bits per heavy atom. The predicted octanol–water partition coefficient (Wildman–Crippen LogP) is 22.2. The van der Waals surface area contributed by atoms with Crippen LogP contribution in [0.5, 0.6) is 0 Å². The Balaban J connectivity index is 4.28. The second-order valence-corrected chi connectivity index (χ2v) is 22.0. The normalized spacial score (nSPS) is 12.3. The van der Waals surface area contributed by atoms with Crippen molar-refractivity contribution in [3.63, 3.8) is 0 Å². The second-order valence-electron chi connectivity index (χ2n) is 22.0. The minimum absolute atomic E-state index is 0.0801. The monoisotopic (exact) mass is 1040 g/mol. The van der Waals surface area contributed by atoms with Crippen LogP contribution >= 0.6 is 0 Å². The highest BCUT2D eigenvalue weighted by Gasteiger charge is 2.19. The molecule has 74 heavy (non-hydrogen) atoms. The van der Waals surface area contributed by atoms with Crippen LogP contribution in [0.2, 0.25) is 0 Å². The number of carbonyl (C=O) groups is 3. The molecule has 6 nitrogen and oxygen atoms in total. The molecule has 0 aromatic heterocycles. The summed E-state index contributed by atoms with van der Waals surface area (Å²) in [7, 11) is 0. The number of unbranched alkanes of at least 4 members (excludes halogenated alkanes) is 41. The predicted molar refractivity (Wildman–Crippen MR) is 321 cm³/mol. The van der Waals surface area contributed by atoms with Crippen molar-refractivity contribution in [2.45, 2.75) is 354 Å². The fourth-order valence-corrected chi connectivity index (χ4v) is 9.62. The van der Waals surface area contributed by atoms with E-state index in [0.717, 1.165) is 103 Å². The van der Waals surface area contributed by atoms with Crippen LogP contribution in [0, 0.1) is 0 Å². The molecule has 0 aliphatic heterocycles. The maximum atomic E-state index is 12.9. The van der Waals surface area contributed by atoms with E-state index in [-0.39, 0.29) is 31.1 Å². The van der Waals surface area contributed by atoms with Crippen LogP contribution in [-0.4, -0.2) is 37.2 Å². The van der Waals surface area contributed by atoms with Gasteiger partial charge in [0.15, 0.2) is 6.10 Å². The lowest BCUT2D eigenvalue weighted by molar-refractivity contribution is -0.167. The molecule has 1 atom stereocenters. The molecule has 0 fully saturated rings. The summed E-state index contributed by atoms with van der Waals surface area (Å²) in [5.74, 6) is -0.888. The maximum absolute atomic E-state index is 12.9. The first-order valence-corrected chi connectivity index (χ1v) is 32.6. The zero-order chi connectivity index (χ0) is 53.6. The molecule has 0 heterocycles. The fraction of sp³-hybridized carbons (Fsp3) is 0.838. The van der Waals surface area contributed by atoms with Crippen molar-refractivity contribution in [1.82, 2.24) is 0 Å². The number of rotatable bonds is 60. The minimum atomic E-state index is -0.785. The first-order valence-electron chi connectivity index (χ1n) is 32.6. The quantitative estimate of drug-likeness (QED) is 0.0261. The van der Waals surface area contributed by atoms with Gasteiger partial charge in [-0.25, -0.2) is 0 Å². The summed E-state index contributed by atoms with van der Waals surface area (Å²) in [5, 5.41) is 0. The van der Waals surface area contributed by atoms with E-state index in [4.69, 9.17) is 14.2 Å². The van der Waals surface area contributed by atoms with Gasteiger partial charge in [-0.1, -0.05) is 294 Å². The molecule has 0 bridgehead atoms. The van der Waals surface area contributed by atoms with E-state index in [1.54, 1.807) is 0 Å². The third kappa shape index (κ3) is 60.2. The van der Waals surface area contributed by atoms with Crippen molar-refractivity contribution in [2.24, 2.45) is 0 Å². The molecule has 0 amide bonds. The molecule has 0 aromatic rings. The van der Waals surface area contributed by atoms with Gasteiger partial charge in [-0.05, 0) is 83.5 Å². The fourth-order valence-electron chi connectivity index (χ4n) is 9.62. The third-order valence-corrected chi connectivity index (χ3v) is 14.6. The summed E-state index contributed by atoms with van der Waals surface area (Å²) < 4.78 is 16.9. The van der Waals surface area contributed by atoms with E-state index in [0.29, 0.717) is 19.3 Å². The van der Waals surface area contributed by atoms with Crippen molar-refractivity contribution in [3.8, 4) is 0 Å². The van der Waals surface area contributed by atoms with Gasteiger partial charge in [0.25, 0.3) is 0 Å². The summed E-state index contributed by atoms with van der Waals surface area (Å²) >= 11 is 0. The summed E-state index contributed by atoms with van der Waals surface area (Å²) in [6.45, 7) is 6.63. The van der Waals surface area contributed by atoms with E-state index in [1.165, 1.54) is 205 Å². The number of hydrogen-bond acceptors (Lipinski definition) is 6. The molecule has 0 N–H and O–H groups in total. The number of carbonyl (C=O) groups excluding carboxylic acids is 3. The SMILES string of the molecule is CCCCC/C=C\C/C=C\CCCCCCCC(=O)OCC(COC(=O)CCCCCCCCCCCCCCCCCCCCCCCCCCC)OC(=O)CCCCCCC/C=C\C/C=C\CCCCCC. The Bertz CT molecular complexity index is 1280. The molecular formula is C68H124O6. The van der Waals surface area contributed by atoms with Crippen molar-refractivity contribution in [2.75, 3.05) is 13.2 Å². The average molecular weight is 1040 g/mol. The van der Waals surface area contributed by atoms with Gasteiger partial charge < -0.3 is 14.2 Å². The Morgan fingerprint density at radius 2 is 0.486 bits per heavy atom. The van der Waals surface area contributed by atoms with Gasteiger partial charge in [-0.2, -0.15) is 0 Å². The van der Waals surface area contributed by atoms with Crippen LogP contribution in [0.25, 0.3) is 0 Å². The molecule has 0 aromatic carbocycles. The van der Waals surface area contributed by atoms with Crippen LogP contribution in [0.4, 0.5) is 0 Å². The van der Waals surface area contributed by atoms with Gasteiger partial charge in [-0.3, -0.25) is 14.4 Å². The number of esters is 3. The van der Waals surface area contributed by atoms with Crippen molar-refractivity contribution in [1.29, 1.82) is 0 Å². The summed E-state index contributed by atoms with van der Waals surface area (Å²) in [5.41, 5.74) is 0. The molecule has 0 aliphatic rings. The lowest BCUT2D eigenvalue weighted by Gasteiger charge is -2.18. The molecule has 0 spiro atoms. The number of hydrogen-bond donors (Lipinski definition) is 0. The Labute approximate surface area is 460 Å². The Hall–Kier alpha value is -2.63. The van der Waals surface area contributed by atoms with E-state index >= 15 is 0 Å². The standard InChI is InChI=1S/C68H124O6/c1-4-7-10-13-16-19-22-25-28-30-31-32-33-34-35-36-37-38-41-43-46-49-52-55-58-61-67(70)73-64-65(63-72-66(69)60-57-54-51-48-45-42-39-27-24-21-18-15-12-9-6-3)74-68(71)62-59-56-53-50-47-44-40-29-26-23-20-17-14-11-8-5-2/h18,20-21,23,27,29,39-40,65H,4-17,19,22,24-26,28,30-38,41-64H2,1-3H3/b21-18-,23-20-,39-27-,40-29-. The molecule has 6 heteroatoms. The van der Waals surface area contributed by atoms with Crippen LogP contribution in [0.1, 0.15) is 348 Å². The second kappa shape index (κ2) is 62.9. The lowest BCUT2D eigenvalue weighted by Crippen LogP contribution is -2.30. The zero-order valence-electron chi connectivity index (χ0n) is 49.6. The summed E-state index contributed by atoms with van der Waals surface area (Å²) in [6, 6.07) is 0. The highest BCUT2D eigenvalue weighted by molar-refractivity contribution is 5.71. The van der Waals surface area contributed by atoms with Gasteiger partial charge in [0.1, 0.15) is 13.2 Å². The number of ether oxygens (including phenoxy) is 3. The van der Waals surface area contributed by atoms with Crippen molar-refractivity contribution >= 4 is 17.9 Å². The Morgan fingerprint density at radius 1 is 0.270 bits per heavy atom. The van der Waals surface area contributed by atoms with Crippen molar-refractivity contribution in [3.05, 3.63) is 48.6 Å². The lowest BCUT2D eigenvalue weighted by atomic mass is 10.0. The average Bonchev–Trinajstić information content (AvgIpc) is 3.40. The largest absolute Gasteiger partial charge is 0.462 e. The van der Waals surface area contributed by atoms with E-state index < -0.39 is 6.10 Å². The highest BCUT2D eigenvalue weighted by Crippen LogP contribution is 2.17. The van der Waals surface area contributed by atoms with Gasteiger partial charge in [-0.15, -0.1) is 0 Å². The van der Waals surface area contributed by atoms with E-state index in [9.17, 15) is 14.4 Å².